The van der Waals surface area contributed by atoms with E-state index in [1.54, 1.807) is 12.1 Å². The van der Waals surface area contributed by atoms with E-state index < -0.39 is 64.7 Å². The van der Waals surface area contributed by atoms with Crippen LogP contribution >= 0.6 is 0 Å². The Morgan fingerprint density at radius 2 is 1.56 bits per heavy atom. The number of nitrogens with one attached hydrogen (secondary N) is 1. The van der Waals surface area contributed by atoms with E-state index in [2.05, 4.69) is 5.32 Å². The van der Waals surface area contributed by atoms with Gasteiger partial charge in [-0.3, -0.25) is 19.2 Å². The minimum absolute atomic E-state index is 0.0663. The van der Waals surface area contributed by atoms with Gasteiger partial charge in [0.2, 0.25) is 11.5 Å². The summed E-state index contributed by atoms with van der Waals surface area (Å²) >= 11 is 0. The number of ketones is 2. The molecular formula is C36H33F4NO7. The topological polar surface area (TPSA) is 119 Å². The summed E-state index contributed by atoms with van der Waals surface area (Å²) in [6, 6.07) is 13.0. The normalized spacial score (nSPS) is 19.0. The van der Waals surface area contributed by atoms with E-state index in [0.717, 1.165) is 49.7 Å². The van der Waals surface area contributed by atoms with Crippen LogP contribution in [-0.2, 0) is 19.1 Å². The zero-order valence-corrected chi connectivity index (χ0v) is 25.7. The maximum Gasteiger partial charge on any atom is 0.342 e. The number of amides is 1. The molecule has 1 heterocycles. The molecule has 1 fully saturated rings. The fourth-order valence-corrected chi connectivity index (χ4v) is 5.91. The molecular weight excluding hydrogens is 634 g/mol. The SMILES string of the molecule is O=C(O)CCNC(=O)c1ccc(C(=O)C(CC(=O)C2=COC=C(C3=CC=CC(F)(F)C3(F)F)O2)c2ccc(C3CCCCC3)cc2)cc1. The van der Waals surface area contributed by atoms with Gasteiger partial charge >= 0.3 is 17.8 Å². The van der Waals surface area contributed by atoms with Crippen LogP contribution in [0, 0.1) is 0 Å². The molecule has 2 aliphatic carbocycles. The zero-order valence-electron chi connectivity index (χ0n) is 25.7. The van der Waals surface area contributed by atoms with E-state index in [9.17, 15) is 36.7 Å². The predicted octanol–water partition coefficient (Wildman–Crippen LogP) is 7.36. The molecule has 12 heteroatoms. The molecule has 1 atom stereocenters. The number of ether oxygens (including phenoxy) is 2. The minimum atomic E-state index is -4.64. The number of alkyl halides is 4. The molecule has 0 bridgehead atoms. The standard InChI is InChI=1S/C36H33F4NO7/c37-35(38)17-4-7-28(36(35,39)40)30-20-47-21-31(48-30)29(42)19-27(24-10-8-23(9-11-24)22-5-2-1-3-6-22)33(45)25-12-14-26(15-13-25)34(46)41-18-16-32(43)44/h4,7-15,17,20-22,27H,1-3,5-6,16,18-19H2,(H,41,46)(H,43,44). The molecule has 252 valence electrons. The molecule has 48 heavy (non-hydrogen) atoms. The van der Waals surface area contributed by atoms with Crippen LogP contribution in [0.3, 0.4) is 0 Å². The zero-order chi connectivity index (χ0) is 34.5. The number of benzene rings is 2. The number of halogens is 4. The van der Waals surface area contributed by atoms with Crippen molar-refractivity contribution in [1.29, 1.82) is 0 Å². The van der Waals surface area contributed by atoms with E-state index in [4.69, 9.17) is 14.6 Å². The summed E-state index contributed by atoms with van der Waals surface area (Å²) in [7, 11) is 0. The first kappa shape index (κ1) is 34.3. The summed E-state index contributed by atoms with van der Waals surface area (Å²) < 4.78 is 67.6. The van der Waals surface area contributed by atoms with Gasteiger partial charge in [0.05, 0.1) is 17.9 Å². The monoisotopic (exact) mass is 667 g/mol. The Labute approximate surface area is 273 Å². The van der Waals surface area contributed by atoms with Gasteiger partial charge in [-0.1, -0.05) is 61.7 Å². The highest BCUT2D eigenvalue weighted by molar-refractivity contribution is 6.06. The number of rotatable bonds is 12. The number of carbonyl (C=O) groups is 4. The molecule has 1 aliphatic heterocycles. The molecule has 0 aromatic heterocycles. The molecule has 2 N–H and O–H groups in total. The highest BCUT2D eigenvalue weighted by Crippen LogP contribution is 2.47. The number of hydrogen-bond acceptors (Lipinski definition) is 6. The molecule has 2 aromatic carbocycles. The summed E-state index contributed by atoms with van der Waals surface area (Å²) in [5.74, 6) is -14.0. The maximum atomic E-state index is 14.6. The van der Waals surface area contributed by atoms with Gasteiger partial charge in [0.1, 0.15) is 12.5 Å². The third-order valence-electron chi connectivity index (χ3n) is 8.61. The average molecular weight is 668 g/mol. The highest BCUT2D eigenvalue weighted by atomic mass is 19.3. The number of carboxylic acid groups (broad SMARTS) is 1. The number of hydrogen-bond donors (Lipinski definition) is 2. The smallest absolute Gasteiger partial charge is 0.342 e. The minimum Gasteiger partial charge on any atom is -0.481 e. The fraction of sp³-hybridized carbons (Fsp3) is 0.333. The van der Waals surface area contributed by atoms with Crippen LogP contribution in [0.5, 0.6) is 0 Å². The summed E-state index contributed by atoms with van der Waals surface area (Å²) in [5, 5.41) is 11.3. The molecule has 3 aliphatic rings. The molecule has 5 rings (SSSR count). The second-order valence-electron chi connectivity index (χ2n) is 11.9. The Morgan fingerprint density at radius 1 is 0.896 bits per heavy atom. The first-order chi connectivity index (χ1) is 22.9. The number of carboxylic acids is 1. The number of aliphatic carboxylic acids is 1. The van der Waals surface area contributed by atoms with Gasteiger partial charge in [-0.05, 0) is 54.2 Å². The molecule has 8 nitrogen and oxygen atoms in total. The quantitative estimate of drug-likeness (QED) is 0.179. The Bertz CT molecular complexity index is 1690. The Morgan fingerprint density at radius 3 is 2.23 bits per heavy atom. The van der Waals surface area contributed by atoms with Crippen molar-refractivity contribution in [2.75, 3.05) is 6.54 Å². The van der Waals surface area contributed by atoms with Crippen molar-refractivity contribution in [2.45, 2.75) is 68.6 Å². The first-order valence-electron chi connectivity index (χ1n) is 15.5. The lowest BCUT2D eigenvalue weighted by Crippen LogP contribution is -2.42. The van der Waals surface area contributed by atoms with Crippen LogP contribution in [0.2, 0.25) is 0 Å². The largest absolute Gasteiger partial charge is 0.481 e. The molecule has 0 spiro atoms. The molecule has 0 saturated heterocycles. The third kappa shape index (κ3) is 7.58. The maximum absolute atomic E-state index is 14.6. The van der Waals surface area contributed by atoms with Gasteiger partial charge in [-0.15, -0.1) is 0 Å². The Kier molecular flexibility index (Phi) is 10.3. The van der Waals surface area contributed by atoms with Gasteiger partial charge in [0.15, 0.2) is 11.5 Å². The van der Waals surface area contributed by atoms with Crippen LogP contribution in [0.15, 0.2) is 96.4 Å². The van der Waals surface area contributed by atoms with Crippen molar-refractivity contribution in [3.63, 3.8) is 0 Å². The first-order valence-corrected chi connectivity index (χ1v) is 15.5. The summed E-state index contributed by atoms with van der Waals surface area (Å²) in [6.45, 7) is -0.0809. The fourth-order valence-electron chi connectivity index (χ4n) is 5.91. The van der Waals surface area contributed by atoms with Crippen molar-refractivity contribution >= 4 is 23.4 Å². The van der Waals surface area contributed by atoms with E-state index >= 15 is 0 Å². The summed E-state index contributed by atoms with van der Waals surface area (Å²) in [4.78, 5) is 50.6. The molecule has 0 radical (unpaired) electrons. The van der Waals surface area contributed by atoms with E-state index in [1.807, 2.05) is 12.1 Å². The molecule has 1 unspecified atom stereocenters. The van der Waals surface area contributed by atoms with E-state index in [-0.39, 0.29) is 30.2 Å². The van der Waals surface area contributed by atoms with Crippen molar-refractivity contribution in [2.24, 2.45) is 0 Å². The predicted molar refractivity (Wildman–Crippen MR) is 165 cm³/mol. The van der Waals surface area contributed by atoms with Crippen LogP contribution < -0.4 is 5.32 Å². The number of allylic oxidation sites excluding steroid dienone is 5. The van der Waals surface area contributed by atoms with Gasteiger partial charge in [0, 0.05) is 24.1 Å². The van der Waals surface area contributed by atoms with Crippen LogP contribution in [0.4, 0.5) is 17.6 Å². The van der Waals surface area contributed by atoms with Crippen molar-refractivity contribution in [3.8, 4) is 0 Å². The van der Waals surface area contributed by atoms with E-state index in [1.165, 1.54) is 30.7 Å². The lowest BCUT2D eigenvalue weighted by molar-refractivity contribution is -0.156. The lowest BCUT2D eigenvalue weighted by Gasteiger charge is -2.30. The highest BCUT2D eigenvalue weighted by Gasteiger charge is 2.59. The molecule has 1 amide bonds. The number of Topliss-reactive ketones (excluding diaryl/α,β-unsaturated/α-hetero) is 2. The Balaban J connectivity index is 1.36. The van der Waals surface area contributed by atoms with Crippen LogP contribution in [0.25, 0.3) is 0 Å². The van der Waals surface area contributed by atoms with Crippen LogP contribution in [-0.4, -0.2) is 46.9 Å². The van der Waals surface area contributed by atoms with Crippen molar-refractivity contribution in [1.82, 2.24) is 5.32 Å². The van der Waals surface area contributed by atoms with E-state index in [0.29, 0.717) is 17.7 Å². The van der Waals surface area contributed by atoms with Crippen molar-refractivity contribution in [3.05, 3.63) is 119 Å². The Hall–Kier alpha value is -5.00. The second-order valence-corrected chi connectivity index (χ2v) is 11.9. The van der Waals surface area contributed by atoms with Gasteiger partial charge in [0.25, 0.3) is 5.91 Å². The van der Waals surface area contributed by atoms with Crippen molar-refractivity contribution < 1.29 is 51.3 Å². The second kappa shape index (κ2) is 14.4. The molecule has 2 aromatic rings. The van der Waals surface area contributed by atoms with Crippen LogP contribution in [0.1, 0.15) is 88.6 Å². The van der Waals surface area contributed by atoms with Gasteiger partial charge < -0.3 is 19.9 Å². The average Bonchev–Trinajstić information content (AvgIpc) is 3.08. The summed E-state index contributed by atoms with van der Waals surface area (Å²) in [6.07, 6.45) is 7.91. The summed E-state index contributed by atoms with van der Waals surface area (Å²) in [5.41, 5.74) is 0.799. The number of carbonyl (C=O) groups excluding carboxylic acids is 3. The lowest BCUT2D eigenvalue weighted by atomic mass is 9.82. The van der Waals surface area contributed by atoms with Gasteiger partial charge in [-0.2, -0.15) is 17.6 Å². The molecule has 1 saturated carbocycles. The van der Waals surface area contributed by atoms with Gasteiger partial charge in [-0.25, -0.2) is 0 Å². The third-order valence-corrected chi connectivity index (χ3v) is 8.61.